The monoisotopic (exact) mass is 160 g/mol. The van der Waals surface area contributed by atoms with Crippen LogP contribution < -0.4 is 4.90 Å². The minimum Gasteiger partial charge on any atom is -0.309 e. The molecule has 12 heavy (non-hydrogen) atoms. The summed E-state index contributed by atoms with van der Waals surface area (Å²) in [5, 5.41) is 0. The molecule has 0 saturated carbocycles. The first-order valence-electron chi connectivity index (χ1n) is 3.75. The summed E-state index contributed by atoms with van der Waals surface area (Å²) in [5.74, 6) is 0. The molecule has 0 radical (unpaired) electrons. The fraction of sp³-hybridized carbons (Fsp3) is 0.111. The number of rotatable bonds is 1. The molecular formula is C9H8N2O. The van der Waals surface area contributed by atoms with Crippen LogP contribution in [-0.2, 0) is 4.79 Å². The molecule has 0 bridgehead atoms. The number of carbonyl (C=O) groups is 1. The maximum absolute atomic E-state index is 10.6. The van der Waals surface area contributed by atoms with Crippen molar-refractivity contribution in [3.8, 4) is 0 Å². The lowest BCUT2D eigenvalue weighted by atomic mass is 10.2. The molecule has 1 aromatic rings. The van der Waals surface area contributed by atoms with Gasteiger partial charge in [-0.25, -0.2) is 0 Å². The molecule has 2 rings (SSSR count). The average Bonchev–Trinajstić information content (AvgIpc) is 2.17. The van der Waals surface area contributed by atoms with E-state index in [1.165, 1.54) is 0 Å². The highest BCUT2D eigenvalue weighted by molar-refractivity contribution is 5.82. The molecule has 0 fully saturated rings. The Bertz CT molecular complexity index is 333. The van der Waals surface area contributed by atoms with Crippen molar-refractivity contribution in [2.75, 3.05) is 11.4 Å². The first-order valence-corrected chi connectivity index (χ1v) is 3.75. The van der Waals surface area contributed by atoms with E-state index in [0.717, 1.165) is 17.8 Å². The molecule has 1 aliphatic heterocycles. The topological polar surface area (TPSA) is 33.2 Å². The lowest BCUT2D eigenvalue weighted by Gasteiger charge is -2.20. The molecule has 1 aromatic heterocycles. The minimum atomic E-state index is 0.641. The second kappa shape index (κ2) is 2.77. The molecule has 0 spiro atoms. The summed E-state index contributed by atoms with van der Waals surface area (Å²) >= 11 is 0. The van der Waals surface area contributed by atoms with Gasteiger partial charge in [0.15, 0.2) is 0 Å². The normalized spacial score (nSPS) is 14.2. The van der Waals surface area contributed by atoms with Gasteiger partial charge in [-0.1, -0.05) is 6.08 Å². The smallest absolute Gasteiger partial charge is 0.214 e. The summed E-state index contributed by atoms with van der Waals surface area (Å²) in [7, 11) is 0. The highest BCUT2D eigenvalue weighted by atomic mass is 16.1. The van der Waals surface area contributed by atoms with E-state index in [0.29, 0.717) is 6.54 Å². The van der Waals surface area contributed by atoms with Gasteiger partial charge in [0.25, 0.3) is 0 Å². The standard InChI is InChI=1S/C9H8N2O/c12-7-11-6-2-3-8-9(11)4-1-5-10-8/h1-5,7H,6H2. The summed E-state index contributed by atoms with van der Waals surface area (Å²) < 4.78 is 0. The van der Waals surface area contributed by atoms with E-state index < -0.39 is 0 Å². The van der Waals surface area contributed by atoms with E-state index in [4.69, 9.17) is 0 Å². The zero-order valence-corrected chi connectivity index (χ0v) is 6.47. The Hall–Kier alpha value is -1.64. The van der Waals surface area contributed by atoms with Gasteiger partial charge in [-0.2, -0.15) is 0 Å². The van der Waals surface area contributed by atoms with Crippen molar-refractivity contribution in [1.29, 1.82) is 0 Å². The number of nitrogens with zero attached hydrogens (tertiary/aromatic N) is 2. The van der Waals surface area contributed by atoms with Gasteiger partial charge in [-0.15, -0.1) is 0 Å². The number of pyridine rings is 1. The van der Waals surface area contributed by atoms with Crippen molar-refractivity contribution in [1.82, 2.24) is 4.98 Å². The van der Waals surface area contributed by atoms with Gasteiger partial charge >= 0.3 is 0 Å². The maximum Gasteiger partial charge on any atom is 0.214 e. The Labute approximate surface area is 70.3 Å². The molecule has 60 valence electrons. The van der Waals surface area contributed by atoms with Gasteiger partial charge in [-0.05, 0) is 18.2 Å². The van der Waals surface area contributed by atoms with Crippen LogP contribution in [0, 0.1) is 0 Å². The van der Waals surface area contributed by atoms with Crippen LogP contribution in [0.3, 0.4) is 0 Å². The summed E-state index contributed by atoms with van der Waals surface area (Å²) in [4.78, 5) is 16.3. The molecule has 3 nitrogen and oxygen atoms in total. The van der Waals surface area contributed by atoms with Crippen molar-refractivity contribution in [2.24, 2.45) is 0 Å². The number of anilines is 1. The fourth-order valence-electron chi connectivity index (χ4n) is 1.26. The predicted molar refractivity (Wildman–Crippen MR) is 46.7 cm³/mol. The number of fused-ring (bicyclic) bond motifs is 1. The third kappa shape index (κ3) is 0.993. The molecule has 0 atom stereocenters. The lowest BCUT2D eigenvalue weighted by Crippen LogP contribution is -2.24. The van der Waals surface area contributed by atoms with Crippen molar-refractivity contribution < 1.29 is 4.79 Å². The number of carbonyl (C=O) groups excluding carboxylic acids is 1. The zero-order valence-electron chi connectivity index (χ0n) is 6.47. The molecule has 0 aromatic carbocycles. The van der Waals surface area contributed by atoms with Gasteiger partial charge in [0, 0.05) is 12.7 Å². The van der Waals surface area contributed by atoms with Gasteiger partial charge in [-0.3, -0.25) is 9.78 Å². The summed E-state index contributed by atoms with van der Waals surface area (Å²) in [5.41, 5.74) is 1.74. The van der Waals surface area contributed by atoms with E-state index in [1.54, 1.807) is 11.1 Å². The highest BCUT2D eigenvalue weighted by Crippen LogP contribution is 2.21. The molecular weight excluding hydrogens is 152 g/mol. The quantitative estimate of drug-likeness (QED) is 0.576. The van der Waals surface area contributed by atoms with Gasteiger partial charge in [0.1, 0.15) is 0 Å². The van der Waals surface area contributed by atoms with Crippen LogP contribution in [0.5, 0.6) is 0 Å². The first kappa shape index (κ1) is 7.03. The van der Waals surface area contributed by atoms with Crippen LogP contribution in [-0.4, -0.2) is 17.9 Å². The van der Waals surface area contributed by atoms with Crippen molar-refractivity contribution in [2.45, 2.75) is 0 Å². The van der Waals surface area contributed by atoms with Crippen molar-refractivity contribution in [3.05, 3.63) is 30.1 Å². The van der Waals surface area contributed by atoms with E-state index in [9.17, 15) is 4.79 Å². The zero-order chi connectivity index (χ0) is 8.39. The molecule has 1 amide bonds. The van der Waals surface area contributed by atoms with Crippen LogP contribution >= 0.6 is 0 Å². The van der Waals surface area contributed by atoms with Crippen LogP contribution in [0.15, 0.2) is 24.4 Å². The molecule has 0 aliphatic carbocycles. The Morgan fingerprint density at radius 2 is 2.50 bits per heavy atom. The number of amides is 1. The summed E-state index contributed by atoms with van der Waals surface area (Å²) in [6, 6.07) is 3.72. The molecule has 0 N–H and O–H groups in total. The Morgan fingerprint density at radius 1 is 1.58 bits per heavy atom. The molecule has 2 heterocycles. The number of aromatic nitrogens is 1. The van der Waals surface area contributed by atoms with E-state index in [1.807, 2.05) is 24.3 Å². The van der Waals surface area contributed by atoms with Crippen molar-refractivity contribution in [3.63, 3.8) is 0 Å². The lowest BCUT2D eigenvalue weighted by molar-refractivity contribution is -0.107. The van der Waals surface area contributed by atoms with Crippen LogP contribution in [0.1, 0.15) is 5.69 Å². The number of hydrogen-bond acceptors (Lipinski definition) is 2. The fourth-order valence-corrected chi connectivity index (χ4v) is 1.26. The Balaban J connectivity index is 2.52. The Kier molecular flexibility index (Phi) is 1.63. The second-order valence-electron chi connectivity index (χ2n) is 2.57. The molecule has 3 heteroatoms. The van der Waals surface area contributed by atoms with E-state index in [-0.39, 0.29) is 0 Å². The molecule has 0 saturated heterocycles. The highest BCUT2D eigenvalue weighted by Gasteiger charge is 2.11. The van der Waals surface area contributed by atoms with Crippen LogP contribution in [0.25, 0.3) is 6.08 Å². The predicted octanol–water partition coefficient (Wildman–Crippen LogP) is 1.07. The minimum absolute atomic E-state index is 0.641. The summed E-state index contributed by atoms with van der Waals surface area (Å²) in [6.07, 6.45) is 6.39. The maximum atomic E-state index is 10.6. The second-order valence-corrected chi connectivity index (χ2v) is 2.57. The molecule has 1 aliphatic rings. The van der Waals surface area contributed by atoms with Crippen molar-refractivity contribution >= 4 is 18.2 Å². The van der Waals surface area contributed by atoms with Crippen LogP contribution in [0.2, 0.25) is 0 Å². The SMILES string of the molecule is O=CN1CC=Cc2ncccc21. The van der Waals surface area contributed by atoms with E-state index in [2.05, 4.69) is 4.98 Å². The van der Waals surface area contributed by atoms with Crippen LogP contribution in [0.4, 0.5) is 5.69 Å². The molecule has 0 unspecified atom stereocenters. The number of hydrogen-bond donors (Lipinski definition) is 0. The largest absolute Gasteiger partial charge is 0.309 e. The van der Waals surface area contributed by atoms with Gasteiger partial charge in [0.05, 0.1) is 11.4 Å². The average molecular weight is 160 g/mol. The van der Waals surface area contributed by atoms with Gasteiger partial charge in [0.2, 0.25) is 6.41 Å². The van der Waals surface area contributed by atoms with E-state index >= 15 is 0 Å². The summed E-state index contributed by atoms with van der Waals surface area (Å²) in [6.45, 7) is 0.641. The van der Waals surface area contributed by atoms with Gasteiger partial charge < -0.3 is 4.90 Å². The third-order valence-electron chi connectivity index (χ3n) is 1.83. The third-order valence-corrected chi connectivity index (χ3v) is 1.83. The first-order chi connectivity index (χ1) is 5.92. The Morgan fingerprint density at radius 3 is 3.33 bits per heavy atom.